The molecule has 15 heavy (non-hydrogen) atoms. The number of nitrogens with zero attached hydrogens (tertiary/aromatic N) is 1. The van der Waals surface area contributed by atoms with Gasteiger partial charge in [0.25, 0.3) is 0 Å². The van der Waals surface area contributed by atoms with Gasteiger partial charge in [-0.3, -0.25) is 0 Å². The SMILES string of the molecule is Br.Cc1nc(-c2ccc(Cl)c(Cl)c2)cs1. The molecule has 0 bridgehead atoms. The van der Waals surface area contributed by atoms with Gasteiger partial charge < -0.3 is 0 Å². The number of hydrogen-bond donors (Lipinski definition) is 0. The van der Waals surface area contributed by atoms with E-state index in [1.807, 2.05) is 24.4 Å². The Hall–Kier alpha value is -0.0900. The largest absolute Gasteiger partial charge is 0.242 e. The normalized spacial score (nSPS) is 9.80. The Morgan fingerprint density at radius 1 is 1.20 bits per heavy atom. The minimum absolute atomic E-state index is 0. The highest BCUT2D eigenvalue weighted by molar-refractivity contribution is 8.93. The molecule has 0 aliphatic heterocycles. The highest BCUT2D eigenvalue weighted by Gasteiger charge is 2.04. The van der Waals surface area contributed by atoms with Crippen LogP contribution in [-0.4, -0.2) is 4.98 Å². The first kappa shape index (κ1) is 13.0. The molecule has 0 atom stereocenters. The number of halogens is 3. The van der Waals surface area contributed by atoms with Gasteiger partial charge in [-0.25, -0.2) is 4.98 Å². The summed E-state index contributed by atoms with van der Waals surface area (Å²) < 4.78 is 0. The quantitative estimate of drug-likeness (QED) is 0.719. The maximum absolute atomic E-state index is 5.91. The van der Waals surface area contributed by atoms with Crippen molar-refractivity contribution in [3.63, 3.8) is 0 Å². The Balaban J connectivity index is 0.00000112. The molecule has 80 valence electrons. The average Bonchev–Trinajstić information content (AvgIpc) is 2.57. The lowest BCUT2D eigenvalue weighted by molar-refractivity contribution is 1.30. The Kier molecular flexibility index (Phi) is 4.59. The van der Waals surface area contributed by atoms with Crippen molar-refractivity contribution in [2.24, 2.45) is 0 Å². The highest BCUT2D eigenvalue weighted by Crippen LogP contribution is 2.28. The summed E-state index contributed by atoms with van der Waals surface area (Å²) in [4.78, 5) is 4.37. The van der Waals surface area contributed by atoms with Crippen molar-refractivity contribution in [2.45, 2.75) is 6.92 Å². The first-order chi connectivity index (χ1) is 6.66. The van der Waals surface area contributed by atoms with Crippen molar-refractivity contribution in [1.29, 1.82) is 0 Å². The summed E-state index contributed by atoms with van der Waals surface area (Å²) in [5.41, 5.74) is 1.95. The van der Waals surface area contributed by atoms with Crippen LogP contribution in [0, 0.1) is 6.92 Å². The molecule has 0 aliphatic rings. The number of aromatic nitrogens is 1. The average molecular weight is 325 g/mol. The van der Waals surface area contributed by atoms with Gasteiger partial charge in [0.15, 0.2) is 0 Å². The van der Waals surface area contributed by atoms with Gasteiger partial charge in [-0.05, 0) is 19.1 Å². The summed E-state index contributed by atoms with van der Waals surface area (Å²) in [6.07, 6.45) is 0. The summed E-state index contributed by atoms with van der Waals surface area (Å²) in [6.45, 7) is 1.98. The summed E-state index contributed by atoms with van der Waals surface area (Å²) in [5, 5.41) is 4.19. The zero-order valence-electron chi connectivity index (χ0n) is 7.83. The van der Waals surface area contributed by atoms with Gasteiger partial charge in [-0.1, -0.05) is 29.3 Å². The number of aryl methyl sites for hydroxylation is 1. The van der Waals surface area contributed by atoms with E-state index in [1.165, 1.54) is 0 Å². The number of thiazole rings is 1. The van der Waals surface area contributed by atoms with Crippen LogP contribution in [0.4, 0.5) is 0 Å². The summed E-state index contributed by atoms with van der Waals surface area (Å²) in [7, 11) is 0. The summed E-state index contributed by atoms with van der Waals surface area (Å²) >= 11 is 13.4. The van der Waals surface area contributed by atoms with Crippen molar-refractivity contribution >= 4 is 51.5 Å². The zero-order valence-corrected chi connectivity index (χ0v) is 11.9. The molecule has 1 aromatic heterocycles. The minimum atomic E-state index is 0. The van der Waals surface area contributed by atoms with Crippen LogP contribution in [0.15, 0.2) is 23.6 Å². The van der Waals surface area contributed by atoms with Gasteiger partial charge in [-0.2, -0.15) is 0 Å². The molecule has 1 heterocycles. The van der Waals surface area contributed by atoms with Crippen LogP contribution in [0.2, 0.25) is 10.0 Å². The second kappa shape index (κ2) is 5.30. The molecule has 5 heteroatoms. The fraction of sp³-hybridized carbons (Fsp3) is 0.100. The Bertz CT molecular complexity index is 470. The van der Waals surface area contributed by atoms with Crippen molar-refractivity contribution < 1.29 is 0 Å². The third-order valence-electron chi connectivity index (χ3n) is 1.83. The van der Waals surface area contributed by atoms with E-state index in [1.54, 1.807) is 17.4 Å². The van der Waals surface area contributed by atoms with E-state index in [0.29, 0.717) is 10.0 Å². The van der Waals surface area contributed by atoms with E-state index in [2.05, 4.69) is 4.98 Å². The summed E-state index contributed by atoms with van der Waals surface area (Å²) in [6, 6.07) is 5.54. The second-order valence-corrected chi connectivity index (χ2v) is 4.76. The standard InChI is InChI=1S/C10H7Cl2NS.BrH/c1-6-13-10(5-14-6)7-2-3-8(11)9(12)4-7;/h2-5H,1H3;1H. The van der Waals surface area contributed by atoms with Gasteiger partial charge in [0.2, 0.25) is 0 Å². The van der Waals surface area contributed by atoms with Crippen molar-refractivity contribution in [3.05, 3.63) is 38.6 Å². The van der Waals surface area contributed by atoms with E-state index in [-0.39, 0.29) is 17.0 Å². The molecule has 2 aromatic rings. The fourth-order valence-electron chi connectivity index (χ4n) is 1.15. The number of benzene rings is 1. The Morgan fingerprint density at radius 2 is 1.93 bits per heavy atom. The lowest BCUT2D eigenvalue weighted by atomic mass is 10.2. The number of rotatable bonds is 1. The van der Waals surface area contributed by atoms with Crippen molar-refractivity contribution in [3.8, 4) is 11.3 Å². The van der Waals surface area contributed by atoms with Gasteiger partial charge >= 0.3 is 0 Å². The molecule has 0 aliphatic carbocycles. The van der Waals surface area contributed by atoms with Crippen LogP contribution in [0.25, 0.3) is 11.3 Å². The molecule has 1 nitrogen and oxygen atoms in total. The lowest BCUT2D eigenvalue weighted by Gasteiger charge is -1.99. The van der Waals surface area contributed by atoms with Crippen LogP contribution < -0.4 is 0 Å². The molecule has 0 spiro atoms. The van der Waals surface area contributed by atoms with E-state index in [4.69, 9.17) is 23.2 Å². The molecule has 2 rings (SSSR count). The maximum atomic E-state index is 5.91. The predicted octanol–water partition coefficient (Wildman–Crippen LogP) is 5.00. The van der Waals surface area contributed by atoms with E-state index >= 15 is 0 Å². The lowest BCUT2D eigenvalue weighted by Crippen LogP contribution is -1.78. The van der Waals surface area contributed by atoms with Gasteiger partial charge in [-0.15, -0.1) is 28.3 Å². The fourth-order valence-corrected chi connectivity index (χ4v) is 2.07. The smallest absolute Gasteiger partial charge is 0.0901 e. The van der Waals surface area contributed by atoms with Gasteiger partial charge in [0, 0.05) is 10.9 Å². The van der Waals surface area contributed by atoms with E-state index in [9.17, 15) is 0 Å². The molecule has 0 amide bonds. The van der Waals surface area contributed by atoms with Gasteiger partial charge in [0.1, 0.15) is 0 Å². The van der Waals surface area contributed by atoms with Crippen molar-refractivity contribution in [2.75, 3.05) is 0 Å². The minimum Gasteiger partial charge on any atom is -0.242 e. The van der Waals surface area contributed by atoms with Gasteiger partial charge in [0.05, 0.1) is 20.7 Å². The monoisotopic (exact) mass is 323 g/mol. The molecule has 0 N–H and O–H groups in total. The third kappa shape index (κ3) is 2.94. The molecule has 1 aromatic carbocycles. The van der Waals surface area contributed by atoms with Crippen LogP contribution in [0.3, 0.4) is 0 Å². The van der Waals surface area contributed by atoms with Crippen molar-refractivity contribution in [1.82, 2.24) is 4.98 Å². The first-order valence-electron chi connectivity index (χ1n) is 4.04. The van der Waals surface area contributed by atoms with Crippen LogP contribution >= 0.6 is 51.5 Å². The van der Waals surface area contributed by atoms with Crippen LogP contribution in [0.5, 0.6) is 0 Å². The molecule has 0 fully saturated rings. The molecule has 0 saturated carbocycles. The second-order valence-electron chi connectivity index (χ2n) is 2.88. The molecule has 0 radical (unpaired) electrons. The molecule has 0 saturated heterocycles. The third-order valence-corrected chi connectivity index (χ3v) is 3.35. The highest BCUT2D eigenvalue weighted by atomic mass is 79.9. The topological polar surface area (TPSA) is 12.9 Å². The number of hydrogen-bond acceptors (Lipinski definition) is 2. The van der Waals surface area contributed by atoms with Crippen LogP contribution in [0.1, 0.15) is 5.01 Å². The zero-order chi connectivity index (χ0) is 10.1. The predicted molar refractivity (Wildman–Crippen MR) is 72.6 cm³/mol. The Morgan fingerprint density at radius 3 is 2.47 bits per heavy atom. The molecular weight excluding hydrogens is 317 g/mol. The van der Waals surface area contributed by atoms with Crippen LogP contribution in [-0.2, 0) is 0 Å². The molecular formula is C10H8BrCl2NS. The molecule has 0 unspecified atom stereocenters. The first-order valence-corrected chi connectivity index (χ1v) is 5.68. The van der Waals surface area contributed by atoms with E-state index < -0.39 is 0 Å². The summed E-state index contributed by atoms with van der Waals surface area (Å²) in [5.74, 6) is 0. The Labute approximate surface area is 113 Å². The maximum Gasteiger partial charge on any atom is 0.0901 e. The van der Waals surface area contributed by atoms with E-state index in [0.717, 1.165) is 16.3 Å².